The summed E-state index contributed by atoms with van der Waals surface area (Å²) in [6, 6.07) is 15.5. The summed E-state index contributed by atoms with van der Waals surface area (Å²) < 4.78 is 17.9. The lowest BCUT2D eigenvalue weighted by Crippen LogP contribution is -2.19. The third-order valence-electron chi connectivity index (χ3n) is 4.66. The van der Waals surface area contributed by atoms with Crippen molar-refractivity contribution in [2.24, 2.45) is 5.10 Å². The van der Waals surface area contributed by atoms with Gasteiger partial charge < -0.3 is 14.2 Å². The van der Waals surface area contributed by atoms with Crippen molar-refractivity contribution in [3.8, 4) is 17.2 Å². The first-order chi connectivity index (χ1) is 15.9. The Morgan fingerprint density at radius 2 is 1.79 bits per heavy atom. The first kappa shape index (κ1) is 23.0. The topological polar surface area (TPSA) is 86.2 Å². The van der Waals surface area contributed by atoms with Gasteiger partial charge in [-0.15, -0.1) is 0 Å². The summed E-state index contributed by atoms with van der Waals surface area (Å²) in [5, 5.41) is 4.04. The van der Waals surface area contributed by atoms with Gasteiger partial charge in [0.25, 0.3) is 5.91 Å². The maximum absolute atomic E-state index is 12.6. The summed E-state index contributed by atoms with van der Waals surface area (Å²) in [6.07, 6.45) is 1.41. The second kappa shape index (κ2) is 10.2. The molecule has 1 N–H and O–H groups in total. The zero-order valence-electron chi connectivity index (χ0n) is 17.4. The fourth-order valence-corrected chi connectivity index (χ4v) is 4.46. The van der Waals surface area contributed by atoms with Crippen molar-refractivity contribution in [2.45, 2.75) is 6.92 Å². The molecule has 0 spiro atoms. The van der Waals surface area contributed by atoms with Crippen molar-refractivity contribution < 1.29 is 23.8 Å². The number of esters is 1. The normalized spacial score (nSPS) is 12.5. The summed E-state index contributed by atoms with van der Waals surface area (Å²) in [6.45, 7) is 2.80. The van der Waals surface area contributed by atoms with E-state index in [4.69, 9.17) is 14.2 Å². The third-order valence-corrected chi connectivity index (χ3v) is 5.71. The van der Waals surface area contributed by atoms with Crippen LogP contribution in [-0.2, 0) is 0 Å². The molecule has 0 aliphatic carbocycles. The average Bonchev–Trinajstić information content (AvgIpc) is 2.80. The van der Waals surface area contributed by atoms with E-state index < -0.39 is 11.9 Å². The molecular formula is C24H18Br2N2O5. The molecule has 0 bridgehead atoms. The first-order valence-corrected chi connectivity index (χ1v) is 11.5. The van der Waals surface area contributed by atoms with Crippen LogP contribution in [0.5, 0.6) is 17.2 Å². The summed E-state index contributed by atoms with van der Waals surface area (Å²) >= 11 is 6.84. The Labute approximate surface area is 207 Å². The van der Waals surface area contributed by atoms with E-state index in [1.54, 1.807) is 48.5 Å². The highest BCUT2D eigenvalue weighted by atomic mass is 79.9. The lowest BCUT2D eigenvalue weighted by Gasteiger charge is -2.18. The molecule has 7 nitrogen and oxygen atoms in total. The molecule has 3 aromatic carbocycles. The van der Waals surface area contributed by atoms with Gasteiger partial charge in [0.05, 0.1) is 16.3 Å². The maximum atomic E-state index is 12.6. The molecule has 1 heterocycles. The van der Waals surface area contributed by atoms with Crippen molar-refractivity contribution in [2.75, 3.05) is 13.2 Å². The number of aryl methyl sites for hydroxylation is 1. The predicted octanol–water partition coefficient (Wildman–Crippen LogP) is 5.27. The number of nitrogens with zero attached hydrogens (tertiary/aromatic N) is 1. The number of ether oxygens (including phenoxy) is 3. The lowest BCUT2D eigenvalue weighted by atomic mass is 10.1. The second-order valence-corrected chi connectivity index (χ2v) is 8.89. The van der Waals surface area contributed by atoms with Gasteiger partial charge in [0.15, 0.2) is 17.2 Å². The van der Waals surface area contributed by atoms with Crippen LogP contribution < -0.4 is 19.6 Å². The van der Waals surface area contributed by atoms with Crippen LogP contribution in [0.2, 0.25) is 0 Å². The van der Waals surface area contributed by atoms with E-state index in [1.807, 2.05) is 13.0 Å². The summed E-state index contributed by atoms with van der Waals surface area (Å²) in [5.41, 5.74) is 4.71. The fourth-order valence-electron chi connectivity index (χ4n) is 3.12. The van der Waals surface area contributed by atoms with E-state index in [9.17, 15) is 9.59 Å². The molecular weight excluding hydrogens is 556 g/mol. The minimum Gasteiger partial charge on any atom is -0.486 e. The van der Waals surface area contributed by atoms with Gasteiger partial charge in [-0.05, 0) is 65.3 Å². The number of hydrogen-bond donors (Lipinski definition) is 1. The van der Waals surface area contributed by atoms with E-state index in [1.165, 1.54) is 6.21 Å². The van der Waals surface area contributed by atoms with Crippen LogP contribution >= 0.6 is 31.9 Å². The molecule has 0 fully saturated rings. The van der Waals surface area contributed by atoms with Crippen molar-refractivity contribution in [1.82, 2.24) is 5.43 Å². The van der Waals surface area contributed by atoms with Crippen LogP contribution in [0.25, 0.3) is 0 Å². The van der Waals surface area contributed by atoms with E-state index in [-0.39, 0.29) is 5.75 Å². The number of hydrogen-bond acceptors (Lipinski definition) is 6. The number of rotatable bonds is 5. The van der Waals surface area contributed by atoms with E-state index in [2.05, 4.69) is 42.4 Å². The van der Waals surface area contributed by atoms with Gasteiger partial charge in [-0.1, -0.05) is 33.6 Å². The molecule has 0 saturated carbocycles. The summed E-state index contributed by atoms with van der Waals surface area (Å²) in [7, 11) is 0. The number of hydrazone groups is 1. The molecule has 33 heavy (non-hydrogen) atoms. The summed E-state index contributed by atoms with van der Waals surface area (Å²) in [5.74, 6) is 0.466. The SMILES string of the molecule is Cc1cccc(C(=O)Oc2c(Br)cc(Br)cc2/C=N/NC(=O)c2ccc3c(c2)OCCO3)c1. The van der Waals surface area contributed by atoms with Gasteiger partial charge in [-0.2, -0.15) is 5.10 Å². The number of halogens is 2. The Balaban J connectivity index is 1.51. The Hall–Kier alpha value is -3.17. The van der Waals surface area contributed by atoms with Gasteiger partial charge in [0.1, 0.15) is 13.2 Å². The largest absolute Gasteiger partial charge is 0.486 e. The van der Waals surface area contributed by atoms with Crippen LogP contribution in [0.15, 0.2) is 68.6 Å². The molecule has 1 aliphatic rings. The maximum Gasteiger partial charge on any atom is 0.343 e. The molecule has 1 amide bonds. The second-order valence-electron chi connectivity index (χ2n) is 7.12. The highest BCUT2D eigenvalue weighted by Gasteiger charge is 2.17. The lowest BCUT2D eigenvalue weighted by molar-refractivity contribution is 0.0732. The minimum absolute atomic E-state index is 0.280. The zero-order valence-corrected chi connectivity index (χ0v) is 20.6. The van der Waals surface area contributed by atoms with Crippen LogP contribution in [0.3, 0.4) is 0 Å². The Bertz CT molecular complexity index is 1260. The fraction of sp³-hybridized carbons (Fsp3) is 0.125. The quantitative estimate of drug-likeness (QED) is 0.194. The van der Waals surface area contributed by atoms with Gasteiger partial charge in [0, 0.05) is 15.6 Å². The average molecular weight is 574 g/mol. The molecule has 9 heteroatoms. The first-order valence-electron chi connectivity index (χ1n) is 9.91. The number of benzene rings is 3. The van der Waals surface area contributed by atoms with Crippen LogP contribution in [0.1, 0.15) is 31.8 Å². The minimum atomic E-state index is -0.503. The van der Waals surface area contributed by atoms with Crippen LogP contribution in [0.4, 0.5) is 0 Å². The number of carbonyl (C=O) groups excluding carboxylic acids is 2. The van der Waals surface area contributed by atoms with Crippen LogP contribution in [-0.4, -0.2) is 31.3 Å². The van der Waals surface area contributed by atoms with Crippen molar-refractivity contribution >= 4 is 50.0 Å². The molecule has 0 radical (unpaired) electrons. The standard InChI is InChI=1S/C24H18Br2N2O5/c1-14-3-2-4-16(9-14)24(30)33-22-17(10-18(25)12-19(22)26)13-27-28-23(29)15-5-6-20-21(11-15)32-8-7-31-20/h2-6,9-13H,7-8H2,1H3,(H,28,29)/b27-13+. The number of carbonyl (C=O) groups is 2. The number of amides is 1. The van der Waals surface area contributed by atoms with Gasteiger partial charge >= 0.3 is 5.97 Å². The summed E-state index contributed by atoms with van der Waals surface area (Å²) in [4.78, 5) is 25.2. The van der Waals surface area contributed by atoms with Gasteiger partial charge in [-0.25, -0.2) is 10.2 Å². The molecule has 4 rings (SSSR count). The molecule has 3 aromatic rings. The smallest absolute Gasteiger partial charge is 0.343 e. The van der Waals surface area contributed by atoms with Gasteiger partial charge in [0.2, 0.25) is 0 Å². The third kappa shape index (κ3) is 5.61. The Morgan fingerprint density at radius 1 is 1.00 bits per heavy atom. The molecule has 0 saturated heterocycles. The monoisotopic (exact) mass is 572 g/mol. The molecule has 0 unspecified atom stereocenters. The Morgan fingerprint density at radius 3 is 2.58 bits per heavy atom. The van der Waals surface area contributed by atoms with Crippen molar-refractivity contribution in [1.29, 1.82) is 0 Å². The van der Waals surface area contributed by atoms with E-state index in [0.717, 1.165) is 10.0 Å². The van der Waals surface area contributed by atoms with Crippen molar-refractivity contribution in [3.63, 3.8) is 0 Å². The Kier molecular flexibility index (Phi) is 7.10. The molecule has 168 valence electrons. The number of nitrogens with one attached hydrogen (secondary N) is 1. The predicted molar refractivity (Wildman–Crippen MR) is 130 cm³/mol. The molecule has 0 aromatic heterocycles. The van der Waals surface area contributed by atoms with E-state index >= 15 is 0 Å². The van der Waals surface area contributed by atoms with E-state index in [0.29, 0.717) is 45.9 Å². The van der Waals surface area contributed by atoms with Gasteiger partial charge in [-0.3, -0.25) is 4.79 Å². The highest BCUT2D eigenvalue weighted by Crippen LogP contribution is 2.33. The number of fused-ring (bicyclic) bond motifs is 1. The van der Waals surface area contributed by atoms with Crippen LogP contribution in [0, 0.1) is 6.92 Å². The highest BCUT2D eigenvalue weighted by molar-refractivity contribution is 9.11. The molecule has 1 aliphatic heterocycles. The van der Waals surface area contributed by atoms with Crippen molar-refractivity contribution in [3.05, 3.63) is 85.8 Å². The zero-order chi connectivity index (χ0) is 23.4. The molecule has 0 atom stereocenters.